The van der Waals surface area contributed by atoms with Crippen molar-refractivity contribution in [2.24, 2.45) is 0 Å². The van der Waals surface area contributed by atoms with Crippen molar-refractivity contribution in [3.05, 3.63) is 58.7 Å². The van der Waals surface area contributed by atoms with Crippen molar-refractivity contribution in [3.63, 3.8) is 0 Å². The van der Waals surface area contributed by atoms with Gasteiger partial charge < -0.3 is 14.8 Å². The van der Waals surface area contributed by atoms with Crippen molar-refractivity contribution in [1.29, 1.82) is 0 Å². The van der Waals surface area contributed by atoms with Gasteiger partial charge in [0.1, 0.15) is 5.69 Å². The van der Waals surface area contributed by atoms with E-state index in [9.17, 15) is 9.59 Å². The molecule has 10 heteroatoms. The van der Waals surface area contributed by atoms with Crippen molar-refractivity contribution >= 4 is 28.5 Å². The Morgan fingerprint density at radius 3 is 2.88 bits per heavy atom. The molecule has 1 saturated heterocycles. The number of H-pyrrole nitrogens is 1. The lowest BCUT2D eigenvalue weighted by Crippen LogP contribution is -2.39. The number of fused-ring (bicyclic) bond motifs is 2. The molecule has 0 radical (unpaired) electrons. The van der Waals surface area contributed by atoms with E-state index in [1.165, 1.54) is 0 Å². The first-order chi connectivity index (χ1) is 16.1. The minimum atomic E-state index is -0.205. The molecule has 5 heterocycles. The Labute approximate surface area is 190 Å². The number of piperidine rings is 1. The molecule has 10 nitrogen and oxygen atoms in total. The fraction of sp³-hybridized carbons (Fsp3) is 0.391. The maximum Gasteiger partial charge on any atom is 0.274 e. The number of pyridine rings is 1. The first-order valence-electron chi connectivity index (χ1n) is 11.3. The molecular weight excluding hydrogens is 420 g/mol. The van der Waals surface area contributed by atoms with Crippen LogP contribution < -0.4 is 10.5 Å². The Hall–Kier alpha value is -3.82. The lowest BCUT2D eigenvalue weighted by molar-refractivity contribution is 0.0700. The van der Waals surface area contributed by atoms with Crippen LogP contribution in [0.15, 0.2) is 41.7 Å². The monoisotopic (exact) mass is 446 g/mol. The van der Waals surface area contributed by atoms with Gasteiger partial charge in [-0.2, -0.15) is 0 Å². The second-order valence-corrected chi connectivity index (χ2v) is 8.24. The second-order valence-electron chi connectivity index (χ2n) is 8.24. The van der Waals surface area contributed by atoms with E-state index in [1.807, 2.05) is 31.0 Å². The van der Waals surface area contributed by atoms with Gasteiger partial charge in [0.2, 0.25) is 11.7 Å². The van der Waals surface area contributed by atoms with Gasteiger partial charge in [0, 0.05) is 62.6 Å². The number of hydrogen-bond acceptors (Lipinski definition) is 7. The highest BCUT2D eigenvalue weighted by Gasteiger charge is 2.28. The summed E-state index contributed by atoms with van der Waals surface area (Å²) in [6, 6.07) is 3.73. The third kappa shape index (κ3) is 3.92. The standard InChI is InChI=1S/C23H26N8O2/c1-3-29(4-2)23-25-12-16-18(27-23)11-17(26-20(16)32)15-7-5-9-30(13-15)21(33)19-14-31-10-6-8-24-22(31)28-19/h6,8,10-12,14-15H,3-5,7,9,13H2,1-2H3,(H,26,32)/t15-/m1/s1. The van der Waals surface area contributed by atoms with E-state index < -0.39 is 0 Å². The number of likely N-dealkylation sites (tertiary alicyclic amines) is 1. The maximum atomic E-state index is 13.1. The van der Waals surface area contributed by atoms with Gasteiger partial charge in [0.05, 0.1) is 10.9 Å². The number of carbonyl (C=O) groups excluding carboxylic acids is 1. The van der Waals surface area contributed by atoms with Gasteiger partial charge in [-0.25, -0.2) is 19.9 Å². The minimum Gasteiger partial charge on any atom is -0.341 e. The summed E-state index contributed by atoms with van der Waals surface area (Å²) < 4.78 is 1.74. The van der Waals surface area contributed by atoms with Crippen LogP contribution in [0.25, 0.3) is 16.7 Å². The van der Waals surface area contributed by atoms with Crippen LogP contribution in [0.2, 0.25) is 0 Å². The third-order valence-corrected chi connectivity index (χ3v) is 6.25. The molecule has 0 bridgehead atoms. The van der Waals surface area contributed by atoms with Crippen LogP contribution >= 0.6 is 0 Å². The van der Waals surface area contributed by atoms with Crippen LogP contribution in [-0.2, 0) is 0 Å². The Bertz CT molecular complexity index is 1340. The minimum absolute atomic E-state index is 0.0156. The zero-order valence-electron chi connectivity index (χ0n) is 18.7. The number of rotatable bonds is 5. The molecule has 1 aliphatic rings. The van der Waals surface area contributed by atoms with Gasteiger partial charge in [-0.15, -0.1) is 0 Å². The fourth-order valence-corrected chi connectivity index (χ4v) is 4.44. The first-order valence-corrected chi connectivity index (χ1v) is 11.3. The van der Waals surface area contributed by atoms with Crippen LogP contribution in [0.5, 0.6) is 0 Å². The molecular formula is C23H26N8O2. The molecule has 4 aromatic rings. The Kier molecular flexibility index (Phi) is 5.49. The number of nitrogens with one attached hydrogen (secondary N) is 1. The largest absolute Gasteiger partial charge is 0.341 e. The average Bonchev–Trinajstić information content (AvgIpc) is 3.28. The predicted molar refractivity (Wildman–Crippen MR) is 125 cm³/mol. The summed E-state index contributed by atoms with van der Waals surface area (Å²) in [5.41, 5.74) is 1.59. The number of anilines is 1. The number of aromatic nitrogens is 6. The summed E-state index contributed by atoms with van der Waals surface area (Å²) >= 11 is 0. The molecule has 4 aromatic heterocycles. The van der Waals surface area contributed by atoms with E-state index in [-0.39, 0.29) is 17.4 Å². The van der Waals surface area contributed by atoms with Crippen molar-refractivity contribution in [3.8, 4) is 0 Å². The highest BCUT2D eigenvalue weighted by molar-refractivity contribution is 5.93. The number of imidazole rings is 1. The van der Waals surface area contributed by atoms with Crippen molar-refractivity contribution in [1.82, 2.24) is 34.2 Å². The predicted octanol–water partition coefficient (Wildman–Crippen LogP) is 2.23. The van der Waals surface area contributed by atoms with E-state index >= 15 is 0 Å². The summed E-state index contributed by atoms with van der Waals surface area (Å²) in [5.74, 6) is 1.00. The highest BCUT2D eigenvalue weighted by Crippen LogP contribution is 2.27. The van der Waals surface area contributed by atoms with E-state index in [4.69, 9.17) is 0 Å². The molecule has 0 aromatic carbocycles. The number of nitrogens with zero attached hydrogens (tertiary/aromatic N) is 7. The molecule has 0 aliphatic carbocycles. The molecule has 5 rings (SSSR count). The SMILES string of the molecule is CCN(CC)c1ncc2c(=O)[nH]c([C@@H]3CCCN(C(=O)c4cn5cccnc5n4)C3)cc2n1. The summed E-state index contributed by atoms with van der Waals surface area (Å²) in [7, 11) is 0. The van der Waals surface area contributed by atoms with Crippen LogP contribution in [0.3, 0.4) is 0 Å². The van der Waals surface area contributed by atoms with Gasteiger partial charge >= 0.3 is 0 Å². The smallest absolute Gasteiger partial charge is 0.274 e. The number of aromatic amines is 1. The van der Waals surface area contributed by atoms with E-state index in [0.29, 0.717) is 41.4 Å². The Morgan fingerprint density at radius 1 is 1.24 bits per heavy atom. The van der Waals surface area contributed by atoms with Crippen molar-refractivity contribution in [2.45, 2.75) is 32.6 Å². The van der Waals surface area contributed by atoms with Crippen LogP contribution in [0.4, 0.5) is 5.95 Å². The quantitative estimate of drug-likeness (QED) is 0.500. The molecule has 1 atom stereocenters. The van der Waals surface area contributed by atoms with Gasteiger partial charge in [-0.1, -0.05) is 0 Å². The molecule has 33 heavy (non-hydrogen) atoms. The highest BCUT2D eigenvalue weighted by atomic mass is 16.2. The average molecular weight is 447 g/mol. The molecule has 1 aliphatic heterocycles. The third-order valence-electron chi connectivity index (χ3n) is 6.25. The molecule has 0 unspecified atom stereocenters. The van der Waals surface area contributed by atoms with E-state index in [1.54, 1.807) is 34.0 Å². The van der Waals surface area contributed by atoms with Crippen LogP contribution in [-0.4, -0.2) is 66.3 Å². The topological polar surface area (TPSA) is 112 Å². The summed E-state index contributed by atoms with van der Waals surface area (Å²) in [6.45, 7) is 6.84. The fourth-order valence-electron chi connectivity index (χ4n) is 4.44. The number of hydrogen-bond donors (Lipinski definition) is 1. The maximum absolute atomic E-state index is 13.1. The number of carbonyl (C=O) groups is 1. The van der Waals surface area contributed by atoms with Crippen molar-refractivity contribution < 1.29 is 4.79 Å². The van der Waals surface area contributed by atoms with Gasteiger partial charge in [-0.05, 0) is 38.8 Å². The van der Waals surface area contributed by atoms with E-state index in [2.05, 4.69) is 24.9 Å². The van der Waals surface area contributed by atoms with E-state index in [0.717, 1.165) is 31.6 Å². The summed E-state index contributed by atoms with van der Waals surface area (Å²) in [6.07, 6.45) is 8.49. The molecule has 1 fully saturated rings. The number of amides is 1. The van der Waals surface area contributed by atoms with Crippen LogP contribution in [0, 0.1) is 0 Å². The molecule has 170 valence electrons. The molecule has 0 saturated carbocycles. The molecule has 0 spiro atoms. The van der Waals surface area contributed by atoms with Gasteiger partial charge in [0.15, 0.2) is 0 Å². The zero-order chi connectivity index (χ0) is 22.9. The van der Waals surface area contributed by atoms with Crippen molar-refractivity contribution in [2.75, 3.05) is 31.1 Å². The van der Waals surface area contributed by atoms with Gasteiger partial charge in [-0.3, -0.25) is 14.0 Å². The Balaban J connectivity index is 1.43. The summed E-state index contributed by atoms with van der Waals surface area (Å²) in [4.78, 5) is 50.3. The Morgan fingerprint density at radius 2 is 2.09 bits per heavy atom. The summed E-state index contributed by atoms with van der Waals surface area (Å²) in [5, 5.41) is 0.468. The van der Waals surface area contributed by atoms with Gasteiger partial charge in [0.25, 0.3) is 11.5 Å². The van der Waals surface area contributed by atoms with Crippen LogP contribution in [0.1, 0.15) is 48.8 Å². The normalized spacial score (nSPS) is 16.4. The lowest BCUT2D eigenvalue weighted by Gasteiger charge is -2.32. The first kappa shape index (κ1) is 21.0. The molecule has 1 amide bonds. The zero-order valence-corrected chi connectivity index (χ0v) is 18.7. The second kappa shape index (κ2) is 8.61. The lowest BCUT2D eigenvalue weighted by atomic mass is 9.93. The molecule has 1 N–H and O–H groups in total.